The van der Waals surface area contributed by atoms with Crippen molar-refractivity contribution >= 4 is 0 Å². The first-order valence-electron chi connectivity index (χ1n) is 9.46. The van der Waals surface area contributed by atoms with Gasteiger partial charge in [0.2, 0.25) is 0 Å². The molecule has 0 bridgehead atoms. The van der Waals surface area contributed by atoms with Gasteiger partial charge >= 0.3 is 0 Å². The second-order valence-corrected chi connectivity index (χ2v) is 6.64. The van der Waals surface area contributed by atoms with Crippen LogP contribution in [0.2, 0.25) is 0 Å². The minimum atomic E-state index is 0.716. The molecule has 0 heteroatoms. The highest BCUT2D eigenvalue weighted by Gasteiger charge is 1.92. The van der Waals surface area contributed by atoms with E-state index in [1.54, 1.807) is 0 Å². The molecule has 0 saturated carbocycles. The van der Waals surface area contributed by atoms with Crippen LogP contribution in [0.3, 0.4) is 0 Å². The van der Waals surface area contributed by atoms with E-state index in [4.69, 9.17) is 0 Å². The Morgan fingerprint density at radius 2 is 1.33 bits per heavy atom. The van der Waals surface area contributed by atoms with E-state index in [9.17, 15) is 0 Å². The maximum Gasteiger partial charge on any atom is -0.0325 e. The normalized spacial score (nSPS) is 12.0. The summed E-state index contributed by atoms with van der Waals surface area (Å²) in [6.45, 7) is 28.9. The summed E-state index contributed by atoms with van der Waals surface area (Å²) in [5.41, 5.74) is 0. The highest BCUT2D eigenvalue weighted by Crippen LogP contribution is 2.09. The average molecular weight is 333 g/mol. The van der Waals surface area contributed by atoms with E-state index in [2.05, 4.69) is 67.7 Å². The monoisotopic (exact) mass is 332 g/mol. The largest absolute Gasteiger partial charge is 0.343 e. The van der Waals surface area contributed by atoms with Crippen molar-refractivity contribution in [1.82, 2.24) is 0 Å². The zero-order valence-corrected chi connectivity index (χ0v) is 16.9. The van der Waals surface area contributed by atoms with Crippen LogP contribution in [0.15, 0.2) is 38.0 Å². The molecule has 0 fully saturated rings. The smallest absolute Gasteiger partial charge is 0.0325 e. The molecule has 24 heavy (non-hydrogen) atoms. The zero-order valence-electron chi connectivity index (χ0n) is 16.9. The van der Waals surface area contributed by atoms with Crippen LogP contribution in [-0.2, 0) is 0 Å². The molecule has 0 saturated heterocycles. The lowest BCUT2D eigenvalue weighted by molar-refractivity contribution is 0.517. The second kappa shape index (κ2) is 24.3. The molecule has 0 N–H and O–H groups in total. The number of allylic oxidation sites excluding steroid dienone is 3. The van der Waals surface area contributed by atoms with E-state index < -0.39 is 0 Å². The Bertz CT molecular complexity index is 241. The van der Waals surface area contributed by atoms with Crippen LogP contribution in [0.1, 0.15) is 72.1 Å². The van der Waals surface area contributed by atoms with Crippen LogP contribution in [0.25, 0.3) is 0 Å². The van der Waals surface area contributed by atoms with E-state index >= 15 is 0 Å². The lowest BCUT2D eigenvalue weighted by Crippen LogP contribution is -1.90. The third kappa shape index (κ3) is 29.1. The van der Waals surface area contributed by atoms with Crippen LogP contribution in [0.4, 0.5) is 0 Å². The molecule has 0 aromatic carbocycles. The minimum Gasteiger partial charge on any atom is -0.343 e. The van der Waals surface area contributed by atoms with Crippen molar-refractivity contribution in [2.24, 2.45) is 17.8 Å². The molecule has 0 aliphatic rings. The molecule has 144 valence electrons. The molecule has 0 radical (unpaired) electrons. The van der Waals surface area contributed by atoms with Gasteiger partial charge in [0.25, 0.3) is 0 Å². The van der Waals surface area contributed by atoms with Crippen molar-refractivity contribution in [2.75, 3.05) is 0 Å². The first-order valence-corrected chi connectivity index (χ1v) is 9.46. The SMILES string of the molecule is C=CCC(C)CC=C.C=C[CH-]CC(C)C[CH2-].[CH2-]CCCC(C)C[CH2-]. The number of unbranched alkanes of at least 4 members (excludes halogenated alkanes) is 1. The molecule has 0 nitrogen and oxygen atoms in total. The molecule has 2 atom stereocenters. The quantitative estimate of drug-likeness (QED) is 0.249. The summed E-state index contributed by atoms with van der Waals surface area (Å²) in [4.78, 5) is 0. The third-order valence-electron chi connectivity index (χ3n) is 3.78. The van der Waals surface area contributed by atoms with Crippen LogP contribution in [0, 0.1) is 44.9 Å². The van der Waals surface area contributed by atoms with Gasteiger partial charge in [-0.25, -0.2) is 19.1 Å². The fraction of sp³-hybridized carbons (Fsp3) is 0.583. The molecule has 0 aliphatic carbocycles. The first kappa shape index (κ1) is 27.9. The van der Waals surface area contributed by atoms with Gasteiger partial charge in [0.15, 0.2) is 0 Å². The topological polar surface area (TPSA) is 0 Å². The van der Waals surface area contributed by atoms with Crippen molar-refractivity contribution in [2.45, 2.75) is 72.1 Å². The van der Waals surface area contributed by atoms with E-state index in [-0.39, 0.29) is 0 Å². The maximum absolute atomic E-state index is 3.82. The van der Waals surface area contributed by atoms with E-state index in [0.717, 1.165) is 50.4 Å². The molecule has 0 spiro atoms. The molecular formula is C24H44-4. The summed E-state index contributed by atoms with van der Waals surface area (Å²) in [6, 6.07) is 0. The molecule has 0 rings (SSSR count). The summed E-state index contributed by atoms with van der Waals surface area (Å²) < 4.78 is 0. The lowest BCUT2D eigenvalue weighted by Gasteiger charge is -2.12. The Balaban J connectivity index is -0.000000276. The Kier molecular flexibility index (Phi) is 28.3. The highest BCUT2D eigenvalue weighted by atomic mass is 14.0. The maximum atomic E-state index is 3.82. The number of hydrogen-bond acceptors (Lipinski definition) is 0. The Labute approximate surface area is 155 Å². The summed E-state index contributed by atoms with van der Waals surface area (Å²) in [6.07, 6.45) is 16.9. The molecule has 0 heterocycles. The Morgan fingerprint density at radius 1 is 0.833 bits per heavy atom. The molecular weight excluding hydrogens is 288 g/mol. The van der Waals surface area contributed by atoms with Gasteiger partial charge < -0.3 is 20.8 Å². The Hall–Kier alpha value is -0.910. The molecule has 0 aromatic heterocycles. The van der Waals surface area contributed by atoms with E-state index in [0.29, 0.717) is 5.92 Å². The van der Waals surface area contributed by atoms with Gasteiger partial charge in [-0.3, -0.25) is 0 Å². The van der Waals surface area contributed by atoms with Crippen molar-refractivity contribution < 1.29 is 0 Å². The second-order valence-electron chi connectivity index (χ2n) is 6.64. The van der Waals surface area contributed by atoms with Crippen LogP contribution < -0.4 is 0 Å². The third-order valence-corrected chi connectivity index (χ3v) is 3.78. The van der Waals surface area contributed by atoms with Crippen molar-refractivity contribution in [3.8, 4) is 0 Å². The summed E-state index contributed by atoms with van der Waals surface area (Å²) in [7, 11) is 0. The molecule has 0 amide bonds. The van der Waals surface area contributed by atoms with Gasteiger partial charge in [-0.05, 0) is 18.8 Å². The van der Waals surface area contributed by atoms with Crippen LogP contribution >= 0.6 is 0 Å². The fourth-order valence-corrected chi connectivity index (χ4v) is 1.75. The predicted molar refractivity (Wildman–Crippen MR) is 115 cm³/mol. The van der Waals surface area contributed by atoms with Gasteiger partial charge in [-0.2, -0.15) is 19.3 Å². The van der Waals surface area contributed by atoms with Crippen molar-refractivity contribution in [3.05, 3.63) is 65.2 Å². The standard InChI is InChI=1S/C8H16.2C8H14/c2*1-4-6-7-8(3)5-2;1-4-6-8(3)7-5-2/h8H,1-2,4-7H2,3H3;4,6,8H,1-2,5,7H2,3H3;4-5,8H,1-2,6-7H2,3H3/q2*-2;. The predicted octanol–water partition coefficient (Wildman–Crippen LogP) is 8.25. The summed E-state index contributed by atoms with van der Waals surface area (Å²) in [5.74, 6) is 2.25. The zero-order chi connectivity index (χ0) is 19.2. The number of rotatable bonds is 12. The van der Waals surface area contributed by atoms with Gasteiger partial charge in [0.1, 0.15) is 0 Å². The fourth-order valence-electron chi connectivity index (χ4n) is 1.75. The summed E-state index contributed by atoms with van der Waals surface area (Å²) in [5, 5.41) is 0. The van der Waals surface area contributed by atoms with Gasteiger partial charge in [0, 0.05) is 0 Å². The lowest BCUT2D eigenvalue weighted by atomic mass is 10.0. The number of hydrogen-bond donors (Lipinski definition) is 0. The van der Waals surface area contributed by atoms with E-state index in [1.165, 1.54) is 12.8 Å². The molecule has 0 aliphatic heterocycles. The van der Waals surface area contributed by atoms with Crippen molar-refractivity contribution in [1.29, 1.82) is 0 Å². The van der Waals surface area contributed by atoms with Gasteiger partial charge in [-0.15, -0.1) is 19.6 Å². The van der Waals surface area contributed by atoms with Crippen LogP contribution in [0.5, 0.6) is 0 Å². The minimum absolute atomic E-state index is 0.716. The Morgan fingerprint density at radius 3 is 1.67 bits per heavy atom. The molecule has 0 aromatic rings. The summed E-state index contributed by atoms with van der Waals surface area (Å²) >= 11 is 0. The van der Waals surface area contributed by atoms with Gasteiger partial charge in [-0.1, -0.05) is 57.6 Å². The highest BCUT2D eigenvalue weighted by molar-refractivity contribution is 4.87. The average Bonchev–Trinajstić information content (AvgIpc) is 2.59. The molecule has 2 unspecified atom stereocenters. The van der Waals surface area contributed by atoms with Crippen molar-refractivity contribution in [3.63, 3.8) is 0 Å². The van der Waals surface area contributed by atoms with Gasteiger partial charge in [0.05, 0.1) is 0 Å². The van der Waals surface area contributed by atoms with Crippen LogP contribution in [-0.4, -0.2) is 0 Å². The van der Waals surface area contributed by atoms with E-state index in [1.807, 2.05) is 18.2 Å². The first-order chi connectivity index (χ1) is 11.4.